The normalized spacial score (nSPS) is 13.2. The summed E-state index contributed by atoms with van der Waals surface area (Å²) >= 11 is 0. The van der Waals surface area contributed by atoms with E-state index in [1.165, 1.54) is 0 Å². The van der Waals surface area contributed by atoms with Crippen LogP contribution < -0.4 is 0 Å². The maximum atomic E-state index is 12.2. The minimum atomic E-state index is -0.827. The first kappa shape index (κ1) is 20.1. The number of hydrogen-bond donors (Lipinski definition) is 2. The van der Waals surface area contributed by atoms with Gasteiger partial charge in [0, 0.05) is 40.0 Å². The molecule has 0 radical (unpaired) electrons. The van der Waals surface area contributed by atoms with Crippen LogP contribution in [0, 0.1) is 6.92 Å². The van der Waals surface area contributed by atoms with E-state index in [1.54, 1.807) is 0 Å². The lowest BCUT2D eigenvalue weighted by molar-refractivity contribution is -0.139. The van der Waals surface area contributed by atoms with Gasteiger partial charge in [-0.15, -0.1) is 0 Å². The molecule has 4 rings (SSSR count). The highest BCUT2D eigenvalue weighted by Gasteiger charge is 2.29. The largest absolute Gasteiger partial charge is 0.481 e. The van der Waals surface area contributed by atoms with E-state index in [2.05, 4.69) is 37.9 Å². The third kappa shape index (κ3) is 3.36. The third-order valence-electron chi connectivity index (χ3n) is 5.65. The average molecular weight is 405 g/mol. The van der Waals surface area contributed by atoms with Gasteiger partial charge in [0.05, 0.1) is 17.3 Å². The number of aryl methyl sites for hydroxylation is 1. The molecule has 30 heavy (non-hydrogen) atoms. The fourth-order valence-electron chi connectivity index (χ4n) is 4.07. The molecular weight excluding hydrogens is 376 g/mol. The summed E-state index contributed by atoms with van der Waals surface area (Å²) in [6, 6.07) is 10.2. The summed E-state index contributed by atoms with van der Waals surface area (Å²) < 4.78 is 1.83. The summed E-state index contributed by atoms with van der Waals surface area (Å²) in [6.45, 7) is 10.3. The number of aromatic nitrogens is 4. The highest BCUT2D eigenvalue weighted by Crippen LogP contribution is 2.36. The second-order valence-electron chi connectivity index (χ2n) is 8.97. The number of aliphatic carboxylic acids is 1. The van der Waals surface area contributed by atoms with Gasteiger partial charge in [-0.1, -0.05) is 46.2 Å². The van der Waals surface area contributed by atoms with Gasteiger partial charge in [-0.25, -0.2) is 9.50 Å². The number of nitrogens with zero attached hydrogens (tertiary/aromatic N) is 3. The lowest BCUT2D eigenvalue weighted by atomic mass is 9.89. The summed E-state index contributed by atoms with van der Waals surface area (Å²) in [5.74, 6) is -1.46. The standard InChI is InChI=1S/C24H28N4O2/c1-6-7-17(23(29)30)21-14(2)26-20-13-19(24(3,4)5)27-28(20)22(21)16-9-8-15-10-11-25-18(15)12-16/h8-13,17,25H,6-7H2,1-5H3,(H,29,30). The molecule has 4 aromatic rings. The van der Waals surface area contributed by atoms with Crippen LogP contribution in [0.15, 0.2) is 36.5 Å². The van der Waals surface area contributed by atoms with Crippen molar-refractivity contribution in [3.8, 4) is 11.3 Å². The molecule has 0 saturated heterocycles. The van der Waals surface area contributed by atoms with E-state index >= 15 is 0 Å². The Hall–Kier alpha value is -3.15. The maximum Gasteiger partial charge on any atom is 0.311 e. The molecule has 1 aromatic carbocycles. The van der Waals surface area contributed by atoms with E-state index in [0.29, 0.717) is 6.42 Å². The van der Waals surface area contributed by atoms with Gasteiger partial charge in [0.15, 0.2) is 5.65 Å². The van der Waals surface area contributed by atoms with Gasteiger partial charge in [0.2, 0.25) is 0 Å². The summed E-state index contributed by atoms with van der Waals surface area (Å²) in [5.41, 5.74) is 5.76. The zero-order valence-electron chi connectivity index (χ0n) is 18.2. The smallest absolute Gasteiger partial charge is 0.311 e. The van der Waals surface area contributed by atoms with Crippen molar-refractivity contribution in [2.75, 3.05) is 0 Å². The number of rotatable bonds is 5. The molecule has 0 fully saturated rings. The number of hydrogen-bond acceptors (Lipinski definition) is 3. The van der Waals surface area contributed by atoms with Crippen LogP contribution in [0.5, 0.6) is 0 Å². The van der Waals surface area contributed by atoms with Crippen LogP contribution in [-0.4, -0.2) is 30.7 Å². The number of aromatic amines is 1. The van der Waals surface area contributed by atoms with Crippen LogP contribution in [0.25, 0.3) is 27.8 Å². The van der Waals surface area contributed by atoms with Gasteiger partial charge in [-0.05, 0) is 30.9 Å². The molecule has 156 valence electrons. The summed E-state index contributed by atoms with van der Waals surface area (Å²) in [4.78, 5) is 20.3. The molecule has 0 saturated carbocycles. The molecule has 0 spiro atoms. The molecule has 3 aromatic heterocycles. The Labute approximate surface area is 176 Å². The van der Waals surface area contributed by atoms with Crippen LogP contribution in [0.2, 0.25) is 0 Å². The second-order valence-corrected chi connectivity index (χ2v) is 8.97. The van der Waals surface area contributed by atoms with E-state index in [1.807, 2.05) is 42.8 Å². The number of carbonyl (C=O) groups is 1. The van der Waals surface area contributed by atoms with Gasteiger partial charge >= 0.3 is 5.97 Å². The fourth-order valence-corrected chi connectivity index (χ4v) is 4.07. The highest BCUT2D eigenvalue weighted by atomic mass is 16.4. The highest BCUT2D eigenvalue weighted by molar-refractivity contribution is 5.87. The van der Waals surface area contributed by atoms with Crippen molar-refractivity contribution in [3.05, 3.63) is 53.5 Å². The van der Waals surface area contributed by atoms with Crippen molar-refractivity contribution >= 4 is 22.5 Å². The van der Waals surface area contributed by atoms with Crippen LogP contribution >= 0.6 is 0 Å². The SMILES string of the molecule is CCCC(C(=O)O)c1c(C)nc2cc(C(C)(C)C)nn2c1-c1ccc2cc[nH]c2c1. The number of benzene rings is 1. The summed E-state index contributed by atoms with van der Waals surface area (Å²) in [6.07, 6.45) is 3.23. The van der Waals surface area contributed by atoms with Crippen LogP contribution in [0.1, 0.15) is 63.4 Å². The molecule has 3 heterocycles. The molecule has 6 nitrogen and oxygen atoms in total. The molecule has 0 aliphatic heterocycles. The minimum absolute atomic E-state index is 0.141. The van der Waals surface area contributed by atoms with E-state index in [9.17, 15) is 9.90 Å². The minimum Gasteiger partial charge on any atom is -0.481 e. The number of carboxylic acid groups (broad SMARTS) is 1. The topological polar surface area (TPSA) is 83.3 Å². The molecule has 0 aliphatic carbocycles. The summed E-state index contributed by atoms with van der Waals surface area (Å²) in [5, 5.41) is 16.0. The zero-order chi connectivity index (χ0) is 21.6. The Kier molecular flexibility index (Phi) is 4.88. The van der Waals surface area contributed by atoms with E-state index in [-0.39, 0.29) is 5.41 Å². The molecule has 1 unspecified atom stereocenters. The Morgan fingerprint density at radius 1 is 1.23 bits per heavy atom. The van der Waals surface area contributed by atoms with Crippen LogP contribution in [0.3, 0.4) is 0 Å². The number of fused-ring (bicyclic) bond motifs is 2. The van der Waals surface area contributed by atoms with Gasteiger partial charge in [-0.3, -0.25) is 4.79 Å². The molecular formula is C24H28N4O2. The maximum absolute atomic E-state index is 12.2. The first-order valence-corrected chi connectivity index (χ1v) is 10.4. The molecule has 1 atom stereocenters. The predicted octanol–water partition coefficient (Wildman–Crippen LogP) is 5.45. The Morgan fingerprint density at radius 2 is 2.00 bits per heavy atom. The van der Waals surface area contributed by atoms with Crippen LogP contribution in [0.4, 0.5) is 0 Å². The van der Waals surface area contributed by atoms with E-state index in [0.717, 1.165) is 51.2 Å². The lowest BCUT2D eigenvalue weighted by Crippen LogP contribution is -2.17. The number of nitrogens with one attached hydrogen (secondary N) is 1. The first-order valence-electron chi connectivity index (χ1n) is 10.4. The van der Waals surface area contributed by atoms with Crippen molar-refractivity contribution in [3.63, 3.8) is 0 Å². The zero-order valence-corrected chi connectivity index (χ0v) is 18.2. The Balaban J connectivity index is 2.09. The Bertz CT molecular complexity index is 1240. The summed E-state index contributed by atoms with van der Waals surface area (Å²) in [7, 11) is 0. The van der Waals surface area contributed by atoms with Gasteiger partial charge < -0.3 is 10.1 Å². The lowest BCUT2D eigenvalue weighted by Gasteiger charge is -2.20. The average Bonchev–Trinajstić information content (AvgIpc) is 3.30. The quantitative estimate of drug-likeness (QED) is 0.463. The fraction of sp³-hybridized carbons (Fsp3) is 0.375. The van der Waals surface area contributed by atoms with Crippen LogP contribution in [-0.2, 0) is 10.2 Å². The van der Waals surface area contributed by atoms with Crippen molar-refractivity contribution in [1.29, 1.82) is 0 Å². The molecule has 0 bridgehead atoms. The molecule has 6 heteroatoms. The monoisotopic (exact) mass is 404 g/mol. The van der Waals surface area contributed by atoms with E-state index < -0.39 is 11.9 Å². The van der Waals surface area contributed by atoms with Crippen molar-refractivity contribution in [1.82, 2.24) is 19.6 Å². The van der Waals surface area contributed by atoms with Gasteiger partial charge in [0.1, 0.15) is 0 Å². The first-order chi connectivity index (χ1) is 14.2. The molecule has 2 N–H and O–H groups in total. The van der Waals surface area contributed by atoms with Crippen molar-refractivity contribution in [2.24, 2.45) is 0 Å². The van der Waals surface area contributed by atoms with Crippen molar-refractivity contribution in [2.45, 2.75) is 58.8 Å². The number of H-pyrrole nitrogens is 1. The van der Waals surface area contributed by atoms with Gasteiger partial charge in [-0.2, -0.15) is 5.10 Å². The third-order valence-corrected chi connectivity index (χ3v) is 5.65. The Morgan fingerprint density at radius 3 is 2.67 bits per heavy atom. The van der Waals surface area contributed by atoms with E-state index in [4.69, 9.17) is 10.1 Å². The number of carboxylic acids is 1. The van der Waals surface area contributed by atoms with Crippen molar-refractivity contribution < 1.29 is 9.90 Å². The van der Waals surface area contributed by atoms with Gasteiger partial charge in [0.25, 0.3) is 0 Å². The predicted molar refractivity (Wildman–Crippen MR) is 119 cm³/mol. The molecule has 0 amide bonds. The molecule has 0 aliphatic rings. The second kappa shape index (κ2) is 7.27.